The van der Waals surface area contributed by atoms with Gasteiger partial charge < -0.3 is 4.74 Å². The van der Waals surface area contributed by atoms with E-state index in [1.807, 2.05) is 0 Å². The number of benzene rings is 1. The zero-order chi connectivity index (χ0) is 22.7. The van der Waals surface area contributed by atoms with E-state index in [1.54, 1.807) is 41.0 Å². The SMILES string of the molecule is C=CCn1c(COc2ccccc2F)nnc1Sc1nc2ccccn2c(=O)c1[N+](=O)[O-]. The normalized spacial score (nSPS) is 10.9. The number of fused-ring (bicyclic) bond motifs is 1. The Kier molecular flexibility index (Phi) is 5.94. The molecule has 0 aliphatic carbocycles. The van der Waals surface area contributed by atoms with E-state index in [1.165, 1.54) is 18.3 Å². The van der Waals surface area contributed by atoms with E-state index in [0.717, 1.165) is 16.2 Å². The minimum Gasteiger partial charge on any atom is -0.483 e. The molecule has 162 valence electrons. The van der Waals surface area contributed by atoms with Gasteiger partial charge in [0.05, 0.1) is 4.92 Å². The summed E-state index contributed by atoms with van der Waals surface area (Å²) in [6.07, 6.45) is 2.99. The van der Waals surface area contributed by atoms with E-state index in [0.29, 0.717) is 5.82 Å². The van der Waals surface area contributed by atoms with Crippen molar-refractivity contribution in [3.63, 3.8) is 0 Å². The topological polar surface area (TPSA) is 117 Å². The van der Waals surface area contributed by atoms with E-state index in [4.69, 9.17) is 4.74 Å². The number of para-hydroxylation sites is 1. The molecular weight excluding hydrogens is 439 g/mol. The van der Waals surface area contributed by atoms with Gasteiger partial charge in [-0.05, 0) is 36.0 Å². The maximum Gasteiger partial charge on any atom is 0.366 e. The highest BCUT2D eigenvalue weighted by Gasteiger charge is 2.26. The first-order valence-electron chi connectivity index (χ1n) is 9.23. The predicted octanol–water partition coefficient (Wildman–Crippen LogP) is 3.25. The van der Waals surface area contributed by atoms with Crippen molar-refractivity contribution in [2.45, 2.75) is 23.3 Å². The molecule has 0 saturated carbocycles. The molecule has 0 saturated heterocycles. The fourth-order valence-corrected chi connectivity index (χ4v) is 3.83. The molecule has 0 aliphatic heterocycles. The molecule has 0 radical (unpaired) electrons. The van der Waals surface area contributed by atoms with Crippen LogP contribution in [0.2, 0.25) is 0 Å². The summed E-state index contributed by atoms with van der Waals surface area (Å²) < 4.78 is 22.0. The summed E-state index contributed by atoms with van der Waals surface area (Å²) in [6.45, 7) is 3.85. The number of rotatable bonds is 8. The molecule has 0 atom stereocenters. The lowest BCUT2D eigenvalue weighted by molar-refractivity contribution is -0.389. The summed E-state index contributed by atoms with van der Waals surface area (Å²) in [5, 5.41) is 19.8. The molecule has 0 bridgehead atoms. The van der Waals surface area contributed by atoms with Gasteiger partial charge in [-0.2, -0.15) is 0 Å². The van der Waals surface area contributed by atoms with Gasteiger partial charge in [-0.3, -0.25) is 23.9 Å². The van der Waals surface area contributed by atoms with Gasteiger partial charge in [-0.25, -0.2) is 9.37 Å². The first-order chi connectivity index (χ1) is 15.5. The monoisotopic (exact) mass is 454 g/mol. The number of hydrogen-bond donors (Lipinski definition) is 0. The van der Waals surface area contributed by atoms with Gasteiger partial charge in [-0.15, -0.1) is 16.8 Å². The van der Waals surface area contributed by atoms with Crippen LogP contribution in [-0.4, -0.2) is 29.1 Å². The fraction of sp³-hybridized carbons (Fsp3) is 0.100. The summed E-state index contributed by atoms with van der Waals surface area (Å²) in [5.41, 5.74) is -1.22. The fourth-order valence-electron chi connectivity index (χ4n) is 2.89. The summed E-state index contributed by atoms with van der Waals surface area (Å²) in [7, 11) is 0. The molecule has 0 spiro atoms. The third-order valence-corrected chi connectivity index (χ3v) is 5.31. The van der Waals surface area contributed by atoms with Crippen LogP contribution in [0.3, 0.4) is 0 Å². The highest BCUT2D eigenvalue weighted by Crippen LogP contribution is 2.31. The van der Waals surface area contributed by atoms with E-state index < -0.39 is 22.0 Å². The molecule has 10 nitrogen and oxygen atoms in total. The average molecular weight is 454 g/mol. The Hall–Kier alpha value is -4.06. The predicted molar refractivity (Wildman–Crippen MR) is 113 cm³/mol. The molecule has 4 aromatic rings. The molecule has 12 heteroatoms. The van der Waals surface area contributed by atoms with Crippen LogP contribution in [0.1, 0.15) is 5.82 Å². The lowest BCUT2D eigenvalue weighted by Crippen LogP contribution is -2.19. The van der Waals surface area contributed by atoms with Gasteiger partial charge in [-0.1, -0.05) is 24.3 Å². The van der Waals surface area contributed by atoms with Crippen molar-refractivity contribution >= 4 is 23.1 Å². The first kappa shape index (κ1) is 21.2. The number of halogens is 1. The average Bonchev–Trinajstić information content (AvgIpc) is 3.14. The van der Waals surface area contributed by atoms with Gasteiger partial charge in [0.1, 0.15) is 12.3 Å². The number of aromatic nitrogens is 5. The summed E-state index contributed by atoms with van der Waals surface area (Å²) >= 11 is 0.830. The molecule has 3 heterocycles. The number of nitro groups is 1. The van der Waals surface area contributed by atoms with E-state index in [-0.39, 0.29) is 34.7 Å². The standard InChI is InChI=1S/C20H15FN6O4S/c1-2-10-26-16(12-31-14-8-4-3-7-13(14)21)23-24-20(26)32-18-17(27(29)30)19(28)25-11-6-5-9-15(25)22-18/h2-9,11H,1,10,12H2. The molecule has 0 N–H and O–H groups in total. The Morgan fingerprint density at radius 1 is 1.22 bits per heavy atom. The number of hydrogen-bond acceptors (Lipinski definition) is 8. The molecular formula is C20H15FN6O4S. The Labute approximate surface area is 184 Å². The minimum absolute atomic E-state index is 0.0507. The van der Waals surface area contributed by atoms with Crippen molar-refractivity contribution < 1.29 is 14.1 Å². The smallest absolute Gasteiger partial charge is 0.366 e. The van der Waals surface area contributed by atoms with Crippen molar-refractivity contribution in [3.05, 3.63) is 93.4 Å². The van der Waals surface area contributed by atoms with Crippen LogP contribution in [0.5, 0.6) is 5.75 Å². The summed E-state index contributed by atoms with van der Waals surface area (Å²) in [6, 6.07) is 10.7. The van der Waals surface area contributed by atoms with Gasteiger partial charge in [0.25, 0.3) is 0 Å². The van der Waals surface area contributed by atoms with Gasteiger partial charge >= 0.3 is 11.2 Å². The van der Waals surface area contributed by atoms with Crippen LogP contribution < -0.4 is 10.3 Å². The third kappa shape index (κ3) is 4.07. The second-order valence-corrected chi connectivity index (χ2v) is 7.33. The third-order valence-electron chi connectivity index (χ3n) is 4.35. The van der Waals surface area contributed by atoms with Crippen LogP contribution in [-0.2, 0) is 13.2 Å². The number of ether oxygens (including phenoxy) is 1. The lowest BCUT2D eigenvalue weighted by Gasteiger charge is -2.10. The molecule has 1 aromatic carbocycles. The Morgan fingerprint density at radius 3 is 2.75 bits per heavy atom. The van der Waals surface area contributed by atoms with Crippen molar-refractivity contribution in [2.24, 2.45) is 0 Å². The quantitative estimate of drug-likeness (QED) is 0.172. The van der Waals surface area contributed by atoms with Crippen LogP contribution >= 0.6 is 11.8 Å². The van der Waals surface area contributed by atoms with Gasteiger partial charge in [0.15, 0.2) is 27.6 Å². The Balaban J connectivity index is 1.70. The van der Waals surface area contributed by atoms with Crippen molar-refractivity contribution in [1.29, 1.82) is 0 Å². The van der Waals surface area contributed by atoms with Gasteiger partial charge in [0.2, 0.25) is 0 Å². The molecule has 0 fully saturated rings. The number of nitrogens with zero attached hydrogens (tertiary/aromatic N) is 6. The summed E-state index contributed by atoms with van der Waals surface area (Å²) in [5.74, 6) is -0.126. The van der Waals surface area contributed by atoms with E-state index >= 15 is 0 Å². The molecule has 0 amide bonds. The lowest BCUT2D eigenvalue weighted by atomic mass is 10.3. The first-order valence-corrected chi connectivity index (χ1v) is 10.0. The van der Waals surface area contributed by atoms with E-state index in [2.05, 4.69) is 21.8 Å². The maximum atomic E-state index is 13.8. The molecule has 0 unspecified atom stereocenters. The van der Waals surface area contributed by atoms with Crippen LogP contribution in [0.4, 0.5) is 10.1 Å². The highest BCUT2D eigenvalue weighted by atomic mass is 32.2. The van der Waals surface area contributed by atoms with E-state index in [9.17, 15) is 19.3 Å². The minimum atomic E-state index is -0.805. The van der Waals surface area contributed by atoms with Crippen LogP contribution in [0.25, 0.3) is 5.65 Å². The van der Waals surface area contributed by atoms with Crippen molar-refractivity contribution in [2.75, 3.05) is 0 Å². The number of pyridine rings is 1. The number of allylic oxidation sites excluding steroid dienone is 1. The maximum absolute atomic E-state index is 13.8. The zero-order valence-corrected chi connectivity index (χ0v) is 17.2. The zero-order valence-electron chi connectivity index (χ0n) is 16.4. The largest absolute Gasteiger partial charge is 0.483 e. The second kappa shape index (κ2) is 8.98. The van der Waals surface area contributed by atoms with Crippen LogP contribution in [0.15, 0.2) is 76.3 Å². The van der Waals surface area contributed by atoms with Crippen molar-refractivity contribution in [3.8, 4) is 5.75 Å². The van der Waals surface area contributed by atoms with Gasteiger partial charge in [0, 0.05) is 12.7 Å². The molecule has 4 rings (SSSR count). The summed E-state index contributed by atoms with van der Waals surface area (Å²) in [4.78, 5) is 27.7. The highest BCUT2D eigenvalue weighted by molar-refractivity contribution is 7.99. The van der Waals surface area contributed by atoms with Crippen LogP contribution in [0, 0.1) is 15.9 Å². The molecule has 3 aromatic heterocycles. The Morgan fingerprint density at radius 2 is 2.00 bits per heavy atom. The van der Waals surface area contributed by atoms with Crippen molar-refractivity contribution in [1.82, 2.24) is 24.1 Å². The molecule has 32 heavy (non-hydrogen) atoms. The second-order valence-electron chi connectivity index (χ2n) is 6.38. The Bertz CT molecular complexity index is 1390. The molecule has 0 aliphatic rings.